The van der Waals surface area contributed by atoms with Crippen molar-refractivity contribution in [3.05, 3.63) is 29.8 Å². The minimum Gasteiger partial charge on any atom is -0.478 e. The molecule has 0 unspecified atom stereocenters. The summed E-state index contributed by atoms with van der Waals surface area (Å²) in [6, 6.07) is 6.24. The van der Waals surface area contributed by atoms with E-state index in [1.165, 1.54) is 12.1 Å². The minimum absolute atomic E-state index is 0.0819. The summed E-state index contributed by atoms with van der Waals surface area (Å²) in [4.78, 5) is 22.2. The lowest BCUT2D eigenvalue weighted by atomic mass is 10.2. The minimum atomic E-state index is -0.997. The summed E-state index contributed by atoms with van der Waals surface area (Å²) in [5.41, 5.74) is 0.700. The number of nitrogens with one attached hydrogen (secondary N) is 1. The summed E-state index contributed by atoms with van der Waals surface area (Å²) in [5.74, 6) is -0.132. The molecule has 0 saturated heterocycles. The van der Waals surface area contributed by atoms with Crippen LogP contribution in [0, 0.1) is 0 Å². The second-order valence-electron chi connectivity index (χ2n) is 3.53. The summed E-state index contributed by atoms with van der Waals surface area (Å²) >= 11 is 1.70. The standard InChI is InChI=1S/C12H15NO3S/c1-17-7-3-6-11(14)13-10-5-2-4-9(8-10)12(15)16/h2,4-5,8H,3,6-7H2,1H3,(H,13,14)(H,15,16). The van der Waals surface area contributed by atoms with Gasteiger partial charge in [0.2, 0.25) is 5.91 Å². The van der Waals surface area contributed by atoms with Crippen LogP contribution in [0.4, 0.5) is 5.69 Å². The fraction of sp³-hybridized carbons (Fsp3) is 0.333. The zero-order valence-corrected chi connectivity index (χ0v) is 10.4. The molecule has 0 aliphatic rings. The van der Waals surface area contributed by atoms with Gasteiger partial charge in [0.1, 0.15) is 0 Å². The molecule has 1 amide bonds. The van der Waals surface area contributed by atoms with Crippen molar-refractivity contribution in [2.24, 2.45) is 0 Å². The molecule has 0 aliphatic heterocycles. The predicted molar refractivity (Wildman–Crippen MR) is 69.6 cm³/mol. The maximum absolute atomic E-state index is 11.5. The molecule has 1 aromatic rings. The van der Waals surface area contributed by atoms with Gasteiger partial charge < -0.3 is 10.4 Å². The number of aromatic carboxylic acids is 1. The number of thioether (sulfide) groups is 1. The molecule has 1 aromatic carbocycles. The van der Waals surface area contributed by atoms with Crippen molar-refractivity contribution in [1.29, 1.82) is 0 Å². The highest BCUT2D eigenvalue weighted by Gasteiger charge is 2.05. The molecular formula is C12H15NO3S. The van der Waals surface area contributed by atoms with Gasteiger partial charge in [0.05, 0.1) is 5.56 Å². The molecule has 0 aromatic heterocycles. The van der Waals surface area contributed by atoms with Crippen molar-refractivity contribution < 1.29 is 14.7 Å². The van der Waals surface area contributed by atoms with Gasteiger partial charge in [0.15, 0.2) is 0 Å². The van der Waals surface area contributed by atoms with Crippen LogP contribution < -0.4 is 5.32 Å². The third kappa shape index (κ3) is 4.91. The molecule has 0 fully saturated rings. The third-order valence-corrected chi connectivity index (χ3v) is 2.84. The molecule has 0 bridgehead atoms. The van der Waals surface area contributed by atoms with Gasteiger partial charge in [-0.05, 0) is 36.6 Å². The molecule has 4 nitrogen and oxygen atoms in total. The Morgan fingerprint density at radius 3 is 2.82 bits per heavy atom. The van der Waals surface area contributed by atoms with Crippen LogP contribution in [0.15, 0.2) is 24.3 Å². The number of hydrogen-bond acceptors (Lipinski definition) is 3. The summed E-state index contributed by atoms with van der Waals surface area (Å²) < 4.78 is 0. The highest BCUT2D eigenvalue weighted by atomic mass is 32.2. The van der Waals surface area contributed by atoms with Crippen LogP contribution in [0.3, 0.4) is 0 Å². The lowest BCUT2D eigenvalue weighted by Crippen LogP contribution is -2.12. The number of carbonyl (C=O) groups excluding carboxylic acids is 1. The normalized spacial score (nSPS) is 9.94. The Hall–Kier alpha value is -1.49. The average Bonchev–Trinajstić information content (AvgIpc) is 2.29. The number of benzene rings is 1. The number of hydrogen-bond donors (Lipinski definition) is 2. The van der Waals surface area contributed by atoms with E-state index in [1.54, 1.807) is 23.9 Å². The first-order valence-electron chi connectivity index (χ1n) is 5.25. The molecule has 92 valence electrons. The van der Waals surface area contributed by atoms with Crippen molar-refractivity contribution in [2.45, 2.75) is 12.8 Å². The number of amides is 1. The summed E-state index contributed by atoms with van der Waals surface area (Å²) in [5, 5.41) is 11.5. The van der Waals surface area contributed by atoms with Gasteiger partial charge in [0.25, 0.3) is 0 Å². The Balaban J connectivity index is 2.53. The molecule has 0 atom stereocenters. The maximum atomic E-state index is 11.5. The highest BCUT2D eigenvalue weighted by molar-refractivity contribution is 7.98. The molecule has 17 heavy (non-hydrogen) atoms. The van der Waals surface area contributed by atoms with Crippen LogP contribution in [-0.2, 0) is 4.79 Å². The SMILES string of the molecule is CSCCCC(=O)Nc1cccc(C(=O)O)c1. The van der Waals surface area contributed by atoms with Gasteiger partial charge in [-0.3, -0.25) is 4.79 Å². The molecule has 0 heterocycles. The zero-order valence-electron chi connectivity index (χ0n) is 9.60. The van der Waals surface area contributed by atoms with Crippen LogP contribution >= 0.6 is 11.8 Å². The van der Waals surface area contributed by atoms with Crippen molar-refractivity contribution in [3.8, 4) is 0 Å². The second-order valence-corrected chi connectivity index (χ2v) is 4.52. The smallest absolute Gasteiger partial charge is 0.335 e. The summed E-state index contributed by atoms with van der Waals surface area (Å²) in [6.45, 7) is 0. The van der Waals surface area contributed by atoms with Crippen molar-refractivity contribution in [2.75, 3.05) is 17.3 Å². The van der Waals surface area contributed by atoms with E-state index in [1.807, 2.05) is 6.26 Å². The zero-order chi connectivity index (χ0) is 12.7. The lowest BCUT2D eigenvalue weighted by Gasteiger charge is -2.05. The first-order valence-corrected chi connectivity index (χ1v) is 6.65. The largest absolute Gasteiger partial charge is 0.478 e. The molecule has 1 rings (SSSR count). The molecule has 2 N–H and O–H groups in total. The van der Waals surface area contributed by atoms with Gasteiger partial charge in [-0.15, -0.1) is 0 Å². The average molecular weight is 253 g/mol. The topological polar surface area (TPSA) is 66.4 Å². The quantitative estimate of drug-likeness (QED) is 0.764. The van der Waals surface area contributed by atoms with Crippen LogP contribution in [0.5, 0.6) is 0 Å². The third-order valence-electron chi connectivity index (χ3n) is 2.15. The number of carboxylic acid groups (broad SMARTS) is 1. The van der Waals surface area contributed by atoms with Gasteiger partial charge in [-0.1, -0.05) is 6.07 Å². The molecule has 0 radical (unpaired) electrons. The van der Waals surface area contributed by atoms with E-state index in [0.717, 1.165) is 12.2 Å². The summed E-state index contributed by atoms with van der Waals surface area (Å²) in [7, 11) is 0. The Morgan fingerprint density at radius 1 is 1.41 bits per heavy atom. The van der Waals surface area contributed by atoms with E-state index in [2.05, 4.69) is 5.32 Å². The molecule has 0 saturated carbocycles. The fourth-order valence-electron chi connectivity index (χ4n) is 1.33. The summed E-state index contributed by atoms with van der Waals surface area (Å²) in [6.07, 6.45) is 3.28. The predicted octanol–water partition coefficient (Wildman–Crippen LogP) is 2.47. The van der Waals surface area contributed by atoms with E-state index < -0.39 is 5.97 Å². The monoisotopic (exact) mass is 253 g/mol. The number of rotatable bonds is 6. The van der Waals surface area contributed by atoms with E-state index in [4.69, 9.17) is 5.11 Å². The number of carbonyl (C=O) groups is 2. The second kappa shape index (κ2) is 6.96. The van der Waals surface area contributed by atoms with Crippen LogP contribution in [0.25, 0.3) is 0 Å². The first-order chi connectivity index (χ1) is 8.13. The van der Waals surface area contributed by atoms with Crippen LogP contribution in [0.1, 0.15) is 23.2 Å². The molecule has 5 heteroatoms. The van der Waals surface area contributed by atoms with Crippen molar-refractivity contribution in [3.63, 3.8) is 0 Å². The van der Waals surface area contributed by atoms with E-state index in [0.29, 0.717) is 12.1 Å². The van der Waals surface area contributed by atoms with Gasteiger partial charge in [-0.2, -0.15) is 11.8 Å². The Labute approximate surface area is 104 Å². The number of carboxylic acids is 1. The Bertz CT molecular complexity index is 406. The highest BCUT2D eigenvalue weighted by Crippen LogP contribution is 2.11. The Morgan fingerprint density at radius 2 is 2.18 bits per heavy atom. The first kappa shape index (κ1) is 13.6. The molecule has 0 aliphatic carbocycles. The fourth-order valence-corrected chi connectivity index (χ4v) is 1.76. The van der Waals surface area contributed by atoms with Crippen molar-refractivity contribution >= 4 is 29.3 Å². The van der Waals surface area contributed by atoms with E-state index in [9.17, 15) is 9.59 Å². The lowest BCUT2D eigenvalue weighted by molar-refractivity contribution is -0.116. The molecule has 0 spiro atoms. The number of anilines is 1. The maximum Gasteiger partial charge on any atom is 0.335 e. The van der Waals surface area contributed by atoms with Gasteiger partial charge in [-0.25, -0.2) is 4.79 Å². The molecular weight excluding hydrogens is 238 g/mol. The van der Waals surface area contributed by atoms with Crippen LogP contribution in [0.2, 0.25) is 0 Å². The van der Waals surface area contributed by atoms with Crippen molar-refractivity contribution in [1.82, 2.24) is 0 Å². The van der Waals surface area contributed by atoms with Crippen LogP contribution in [-0.4, -0.2) is 29.0 Å². The van der Waals surface area contributed by atoms with Gasteiger partial charge >= 0.3 is 5.97 Å². The van der Waals surface area contributed by atoms with E-state index in [-0.39, 0.29) is 11.5 Å². The van der Waals surface area contributed by atoms with Gasteiger partial charge in [0, 0.05) is 12.1 Å². The Kier molecular flexibility index (Phi) is 5.56. The van der Waals surface area contributed by atoms with E-state index >= 15 is 0 Å².